The Kier molecular flexibility index (Phi) is 6.45. The highest BCUT2D eigenvalue weighted by Gasteiger charge is 2.35. The number of hydrogen-bond donors (Lipinski definition) is 2. The van der Waals surface area contributed by atoms with Gasteiger partial charge in [-0.15, -0.1) is 0 Å². The Labute approximate surface area is 240 Å². The standard InChI is InChI=1S/C31H38N8O2/c1-18-12-20-13-26(33-18)24-17-32-38(4)30(24)41-11-5-6-27(19-7-8-19)39-28-16-21(34-22-14-23(15-22)37(2)3)9-10-25(28)35-31(39)36-29(20)40/h9-10,12-13,16-17,19,22-23,27,34H,5-8,11,14-15H2,1-4H3,(H,35,36,40). The van der Waals surface area contributed by atoms with Crippen LogP contribution < -0.4 is 15.4 Å². The van der Waals surface area contributed by atoms with Crippen LogP contribution in [-0.2, 0) is 7.05 Å². The molecule has 2 bridgehead atoms. The van der Waals surface area contributed by atoms with Crippen molar-refractivity contribution in [1.82, 2.24) is 29.2 Å². The van der Waals surface area contributed by atoms with Crippen molar-refractivity contribution in [3.63, 3.8) is 0 Å². The number of benzene rings is 1. The average Bonchev–Trinajstić information content (AvgIpc) is 3.61. The van der Waals surface area contributed by atoms with E-state index < -0.39 is 0 Å². The van der Waals surface area contributed by atoms with Crippen LogP contribution in [-0.4, -0.2) is 67.9 Å². The number of carbonyl (C=O) groups excluding carboxylic acids is 1. The molecule has 1 amide bonds. The van der Waals surface area contributed by atoms with Gasteiger partial charge < -0.3 is 19.5 Å². The van der Waals surface area contributed by atoms with Gasteiger partial charge in [-0.05, 0) is 95.8 Å². The van der Waals surface area contributed by atoms with Crippen molar-refractivity contribution in [3.05, 3.63) is 47.8 Å². The largest absolute Gasteiger partial charge is 0.477 e. The summed E-state index contributed by atoms with van der Waals surface area (Å²) in [5.41, 5.74) is 5.79. The molecule has 1 aliphatic heterocycles. The molecule has 3 aliphatic rings. The Morgan fingerprint density at radius 3 is 2.71 bits per heavy atom. The van der Waals surface area contributed by atoms with Gasteiger partial charge in [-0.1, -0.05) is 0 Å². The monoisotopic (exact) mass is 554 g/mol. The molecular formula is C31H38N8O2. The molecule has 7 rings (SSSR count). The summed E-state index contributed by atoms with van der Waals surface area (Å²) in [5, 5.41) is 11.3. The zero-order chi connectivity index (χ0) is 28.2. The normalized spacial score (nSPS) is 22.8. The number of rotatable bonds is 4. The number of nitrogens with one attached hydrogen (secondary N) is 2. The van der Waals surface area contributed by atoms with Crippen LogP contribution in [0.3, 0.4) is 0 Å². The van der Waals surface area contributed by atoms with Gasteiger partial charge in [-0.25, -0.2) is 9.67 Å². The van der Waals surface area contributed by atoms with Crippen LogP contribution in [0.25, 0.3) is 22.3 Å². The van der Waals surface area contributed by atoms with Crippen LogP contribution in [0.15, 0.2) is 36.5 Å². The fraction of sp³-hybridized carbons (Fsp3) is 0.484. The summed E-state index contributed by atoms with van der Waals surface area (Å²) in [4.78, 5) is 25.7. The van der Waals surface area contributed by atoms with E-state index in [1.54, 1.807) is 10.9 Å². The molecule has 0 saturated heterocycles. The molecule has 1 atom stereocenters. The molecule has 0 radical (unpaired) electrons. The zero-order valence-corrected chi connectivity index (χ0v) is 24.2. The predicted molar refractivity (Wildman–Crippen MR) is 159 cm³/mol. The first-order valence-corrected chi connectivity index (χ1v) is 14.7. The van der Waals surface area contributed by atoms with E-state index in [1.165, 1.54) is 12.8 Å². The fourth-order valence-corrected chi connectivity index (χ4v) is 6.37. The van der Waals surface area contributed by atoms with E-state index in [9.17, 15) is 4.79 Å². The summed E-state index contributed by atoms with van der Waals surface area (Å²) in [7, 11) is 6.17. The lowest BCUT2D eigenvalue weighted by molar-refractivity contribution is 0.102. The van der Waals surface area contributed by atoms with Gasteiger partial charge in [0.05, 0.1) is 35.1 Å². The van der Waals surface area contributed by atoms with E-state index in [2.05, 4.69) is 57.5 Å². The Morgan fingerprint density at radius 1 is 1.10 bits per heavy atom. The van der Waals surface area contributed by atoms with Crippen LogP contribution in [0.4, 0.5) is 11.6 Å². The number of hydrogen-bond acceptors (Lipinski definition) is 7. The van der Waals surface area contributed by atoms with Gasteiger partial charge in [0.15, 0.2) is 0 Å². The first-order chi connectivity index (χ1) is 19.8. The SMILES string of the molecule is Cc1cc2cc(n1)-c1cnn(C)c1OCCCC(C1CC1)n1c(nc3ccc(NC4CC(N(C)C)C4)cc31)NC2=O. The van der Waals surface area contributed by atoms with E-state index >= 15 is 0 Å². The lowest BCUT2D eigenvalue weighted by Gasteiger charge is -2.40. The van der Waals surface area contributed by atoms with Gasteiger partial charge in [0, 0.05) is 42.1 Å². The van der Waals surface area contributed by atoms with Crippen molar-refractivity contribution in [1.29, 1.82) is 0 Å². The van der Waals surface area contributed by atoms with Gasteiger partial charge in [0.2, 0.25) is 11.8 Å². The van der Waals surface area contributed by atoms with E-state index in [0.717, 1.165) is 53.7 Å². The lowest BCUT2D eigenvalue weighted by Crippen LogP contribution is -2.46. The fourth-order valence-electron chi connectivity index (χ4n) is 6.37. The van der Waals surface area contributed by atoms with Gasteiger partial charge in [0.25, 0.3) is 5.91 Å². The Morgan fingerprint density at radius 2 is 1.93 bits per heavy atom. The quantitative estimate of drug-likeness (QED) is 0.365. The second-order valence-electron chi connectivity index (χ2n) is 12.2. The third-order valence-electron chi connectivity index (χ3n) is 8.89. The highest BCUT2D eigenvalue weighted by molar-refractivity contribution is 6.05. The Bertz CT molecular complexity index is 1610. The number of fused-ring (bicyclic) bond motifs is 7. The Hall–Kier alpha value is -3.92. The molecule has 214 valence electrons. The van der Waals surface area contributed by atoms with Crippen LogP contribution >= 0.6 is 0 Å². The molecule has 2 N–H and O–H groups in total. The minimum atomic E-state index is -0.200. The van der Waals surface area contributed by atoms with Crippen molar-refractivity contribution in [2.75, 3.05) is 31.3 Å². The lowest BCUT2D eigenvalue weighted by atomic mass is 9.86. The van der Waals surface area contributed by atoms with Crippen molar-refractivity contribution >= 4 is 28.6 Å². The number of pyridine rings is 1. The molecule has 10 heteroatoms. The molecule has 0 spiro atoms. The van der Waals surface area contributed by atoms with E-state index in [0.29, 0.717) is 47.7 Å². The first-order valence-electron chi connectivity index (χ1n) is 14.7. The molecule has 2 aliphatic carbocycles. The summed E-state index contributed by atoms with van der Waals surface area (Å²) in [6.45, 7) is 2.47. The van der Waals surface area contributed by atoms with Crippen molar-refractivity contribution in [3.8, 4) is 17.1 Å². The van der Waals surface area contributed by atoms with Crippen molar-refractivity contribution in [2.24, 2.45) is 13.0 Å². The third-order valence-corrected chi connectivity index (χ3v) is 8.89. The van der Waals surface area contributed by atoms with E-state index in [4.69, 9.17) is 14.7 Å². The molecule has 2 fully saturated rings. The summed E-state index contributed by atoms with van der Waals surface area (Å²) >= 11 is 0. The van der Waals surface area contributed by atoms with E-state index in [-0.39, 0.29) is 11.9 Å². The molecule has 4 heterocycles. The molecule has 1 unspecified atom stereocenters. The summed E-state index contributed by atoms with van der Waals surface area (Å²) in [6.07, 6.45) is 8.21. The first kappa shape index (κ1) is 26.0. The van der Waals surface area contributed by atoms with Crippen LogP contribution in [0.2, 0.25) is 0 Å². The smallest absolute Gasteiger partial charge is 0.258 e. The van der Waals surface area contributed by atoms with Crippen molar-refractivity contribution in [2.45, 2.75) is 63.6 Å². The molecule has 10 nitrogen and oxygen atoms in total. The van der Waals surface area contributed by atoms with E-state index in [1.807, 2.05) is 26.1 Å². The van der Waals surface area contributed by atoms with Crippen LogP contribution in [0.5, 0.6) is 5.88 Å². The number of imidazole rings is 1. The topological polar surface area (TPSA) is 102 Å². The summed E-state index contributed by atoms with van der Waals surface area (Å²) < 4.78 is 10.3. The molecule has 1 aromatic carbocycles. The predicted octanol–water partition coefficient (Wildman–Crippen LogP) is 5.02. The highest BCUT2D eigenvalue weighted by Crippen LogP contribution is 2.45. The molecule has 2 saturated carbocycles. The third kappa shape index (κ3) is 4.94. The molecule has 41 heavy (non-hydrogen) atoms. The molecule has 3 aromatic heterocycles. The maximum absolute atomic E-state index is 13.7. The minimum absolute atomic E-state index is 0.200. The molecule has 4 aromatic rings. The summed E-state index contributed by atoms with van der Waals surface area (Å²) in [6, 6.07) is 11.4. The zero-order valence-electron chi connectivity index (χ0n) is 24.2. The number of ether oxygens (including phenoxy) is 1. The number of aryl methyl sites for hydroxylation is 2. The number of nitrogens with zero attached hydrogens (tertiary/aromatic N) is 6. The highest BCUT2D eigenvalue weighted by atomic mass is 16.5. The second-order valence-corrected chi connectivity index (χ2v) is 12.2. The second kappa shape index (κ2) is 10.2. The van der Waals surface area contributed by atoms with Crippen molar-refractivity contribution < 1.29 is 9.53 Å². The number of carbonyl (C=O) groups is 1. The maximum atomic E-state index is 13.7. The number of amides is 1. The van der Waals surface area contributed by atoms with Crippen LogP contribution in [0.1, 0.15) is 60.6 Å². The van der Waals surface area contributed by atoms with Gasteiger partial charge >= 0.3 is 0 Å². The molecular weight excluding hydrogens is 516 g/mol. The average molecular weight is 555 g/mol. The number of aromatic nitrogens is 5. The van der Waals surface area contributed by atoms with Gasteiger partial charge in [-0.2, -0.15) is 5.10 Å². The van der Waals surface area contributed by atoms with Gasteiger partial charge in [0.1, 0.15) is 0 Å². The maximum Gasteiger partial charge on any atom is 0.258 e. The summed E-state index contributed by atoms with van der Waals surface area (Å²) in [5.74, 6) is 1.63. The van der Waals surface area contributed by atoms with Gasteiger partial charge in [-0.3, -0.25) is 15.1 Å². The van der Waals surface area contributed by atoms with Crippen LogP contribution in [0, 0.1) is 12.8 Å². The Balaban J connectivity index is 1.28. The minimum Gasteiger partial charge on any atom is -0.477 e. The number of anilines is 2.